The van der Waals surface area contributed by atoms with Crippen molar-refractivity contribution in [2.24, 2.45) is 0 Å². The molecular weight excluding hydrogens is 330 g/mol. The first-order chi connectivity index (χ1) is 12.6. The van der Waals surface area contributed by atoms with Gasteiger partial charge in [-0.2, -0.15) is 0 Å². The van der Waals surface area contributed by atoms with E-state index in [9.17, 15) is 14.9 Å². The van der Waals surface area contributed by atoms with Crippen LogP contribution >= 0.6 is 0 Å². The molecule has 6 heteroatoms. The molecule has 1 aliphatic rings. The lowest BCUT2D eigenvalue weighted by molar-refractivity contribution is -0.384. The molecule has 1 fully saturated rings. The lowest BCUT2D eigenvalue weighted by Crippen LogP contribution is -2.32. The highest BCUT2D eigenvalue weighted by atomic mass is 16.6. The van der Waals surface area contributed by atoms with Gasteiger partial charge in [-0.25, -0.2) is 0 Å². The third-order valence-corrected chi connectivity index (χ3v) is 4.83. The highest BCUT2D eigenvalue weighted by molar-refractivity contribution is 6.00. The number of carbonyl (C=O) groups is 1. The molecule has 0 bridgehead atoms. The zero-order valence-electron chi connectivity index (χ0n) is 14.9. The van der Waals surface area contributed by atoms with Crippen molar-refractivity contribution >= 4 is 17.3 Å². The summed E-state index contributed by atoms with van der Waals surface area (Å²) in [6.45, 7) is 4.13. The van der Waals surface area contributed by atoms with Crippen LogP contribution < -0.4 is 10.2 Å². The molecule has 0 spiro atoms. The predicted molar refractivity (Wildman–Crippen MR) is 102 cm³/mol. The first kappa shape index (κ1) is 17.9. The van der Waals surface area contributed by atoms with Gasteiger partial charge in [0, 0.05) is 31.8 Å². The largest absolute Gasteiger partial charge is 0.371 e. The molecular formula is C20H23N3O3. The van der Waals surface area contributed by atoms with Crippen molar-refractivity contribution in [3.8, 4) is 0 Å². The molecule has 0 saturated carbocycles. The molecule has 1 saturated heterocycles. The maximum atomic E-state index is 12.8. The van der Waals surface area contributed by atoms with E-state index < -0.39 is 4.92 Å². The smallest absolute Gasteiger partial charge is 0.270 e. The summed E-state index contributed by atoms with van der Waals surface area (Å²) in [5.74, 6) is -0.280. The van der Waals surface area contributed by atoms with Crippen LogP contribution in [-0.4, -0.2) is 23.9 Å². The van der Waals surface area contributed by atoms with Crippen molar-refractivity contribution in [2.45, 2.75) is 32.7 Å². The number of nitrogens with one attached hydrogen (secondary N) is 1. The average molecular weight is 353 g/mol. The summed E-state index contributed by atoms with van der Waals surface area (Å²) in [5, 5.41) is 14.1. The van der Waals surface area contributed by atoms with Crippen LogP contribution in [0.2, 0.25) is 0 Å². The van der Waals surface area contributed by atoms with Crippen LogP contribution in [0.15, 0.2) is 42.5 Å². The minimum Gasteiger partial charge on any atom is -0.371 e. The molecule has 0 unspecified atom stereocenters. The second-order valence-corrected chi connectivity index (χ2v) is 6.62. The van der Waals surface area contributed by atoms with Crippen molar-refractivity contribution in [3.05, 3.63) is 69.3 Å². The van der Waals surface area contributed by atoms with Gasteiger partial charge in [-0.3, -0.25) is 14.9 Å². The Balaban J connectivity index is 1.85. The van der Waals surface area contributed by atoms with Crippen LogP contribution in [0.4, 0.5) is 11.4 Å². The molecule has 0 aromatic heterocycles. The zero-order valence-corrected chi connectivity index (χ0v) is 14.9. The summed E-state index contributed by atoms with van der Waals surface area (Å²) < 4.78 is 0. The lowest BCUT2D eigenvalue weighted by atomic mass is 10.1. The second kappa shape index (κ2) is 7.99. The van der Waals surface area contributed by atoms with Crippen LogP contribution in [0.1, 0.15) is 40.7 Å². The van der Waals surface area contributed by atoms with Gasteiger partial charge >= 0.3 is 0 Å². The van der Waals surface area contributed by atoms with E-state index in [1.165, 1.54) is 18.6 Å². The molecule has 26 heavy (non-hydrogen) atoms. The van der Waals surface area contributed by atoms with Crippen molar-refractivity contribution < 1.29 is 9.72 Å². The number of benzene rings is 2. The molecule has 1 N–H and O–H groups in total. The number of anilines is 1. The Morgan fingerprint density at radius 2 is 1.88 bits per heavy atom. The standard InChI is InChI=1S/C20H23N3O3/c1-15-7-3-4-8-16(15)14-21-20(24)18-13-17(23(25)26)9-10-19(18)22-11-5-2-6-12-22/h3-4,7-10,13H,2,5-6,11-12,14H2,1H3,(H,21,24). The molecule has 2 aromatic rings. The molecule has 6 nitrogen and oxygen atoms in total. The Hall–Kier alpha value is -2.89. The van der Waals surface area contributed by atoms with E-state index in [1.54, 1.807) is 6.07 Å². The molecule has 2 aromatic carbocycles. The first-order valence-corrected chi connectivity index (χ1v) is 8.92. The Bertz CT molecular complexity index is 814. The third-order valence-electron chi connectivity index (χ3n) is 4.83. The van der Waals surface area contributed by atoms with E-state index >= 15 is 0 Å². The normalized spacial score (nSPS) is 14.1. The maximum absolute atomic E-state index is 12.8. The second-order valence-electron chi connectivity index (χ2n) is 6.62. The van der Waals surface area contributed by atoms with Gasteiger partial charge < -0.3 is 10.2 Å². The van der Waals surface area contributed by atoms with Gasteiger partial charge in [-0.05, 0) is 43.4 Å². The summed E-state index contributed by atoms with van der Waals surface area (Å²) in [6.07, 6.45) is 3.32. The number of piperidine rings is 1. The van der Waals surface area contributed by atoms with E-state index in [2.05, 4.69) is 10.2 Å². The molecule has 0 radical (unpaired) electrons. The summed E-state index contributed by atoms with van der Waals surface area (Å²) >= 11 is 0. The number of nitrogens with zero attached hydrogens (tertiary/aromatic N) is 2. The Morgan fingerprint density at radius 3 is 2.58 bits per heavy atom. The Kier molecular flexibility index (Phi) is 5.51. The fourth-order valence-corrected chi connectivity index (χ4v) is 3.31. The van der Waals surface area contributed by atoms with Crippen LogP contribution in [0.3, 0.4) is 0 Å². The number of amides is 1. The minimum absolute atomic E-state index is 0.0631. The van der Waals surface area contributed by atoms with E-state index in [0.29, 0.717) is 12.1 Å². The van der Waals surface area contributed by atoms with E-state index in [0.717, 1.165) is 42.7 Å². The van der Waals surface area contributed by atoms with E-state index in [-0.39, 0.29) is 11.6 Å². The van der Waals surface area contributed by atoms with Crippen LogP contribution in [0, 0.1) is 17.0 Å². The molecule has 136 valence electrons. The van der Waals surface area contributed by atoms with Gasteiger partial charge in [-0.15, -0.1) is 0 Å². The Labute approximate surface area is 153 Å². The number of rotatable bonds is 5. The van der Waals surface area contributed by atoms with Crippen molar-refractivity contribution in [3.63, 3.8) is 0 Å². The molecule has 0 atom stereocenters. The SMILES string of the molecule is Cc1ccccc1CNC(=O)c1cc([N+](=O)[O-])ccc1N1CCCCC1. The monoisotopic (exact) mass is 353 g/mol. The zero-order chi connectivity index (χ0) is 18.5. The summed E-state index contributed by atoms with van der Waals surface area (Å²) in [5.41, 5.74) is 3.22. The topological polar surface area (TPSA) is 75.5 Å². The number of hydrogen-bond donors (Lipinski definition) is 1. The fraction of sp³-hybridized carbons (Fsp3) is 0.350. The fourth-order valence-electron chi connectivity index (χ4n) is 3.31. The van der Waals surface area contributed by atoms with Gasteiger partial charge in [0.05, 0.1) is 16.2 Å². The van der Waals surface area contributed by atoms with Crippen molar-refractivity contribution in [1.82, 2.24) is 5.32 Å². The lowest BCUT2D eigenvalue weighted by Gasteiger charge is -2.30. The number of non-ortho nitro benzene ring substituents is 1. The summed E-state index contributed by atoms with van der Waals surface area (Å²) in [7, 11) is 0. The number of aryl methyl sites for hydroxylation is 1. The van der Waals surface area contributed by atoms with Gasteiger partial charge in [0.25, 0.3) is 11.6 Å². The minimum atomic E-state index is -0.460. The van der Waals surface area contributed by atoms with Crippen LogP contribution in [0.5, 0.6) is 0 Å². The van der Waals surface area contributed by atoms with Gasteiger partial charge in [0.15, 0.2) is 0 Å². The summed E-state index contributed by atoms with van der Waals surface area (Å²) in [4.78, 5) is 25.6. The first-order valence-electron chi connectivity index (χ1n) is 8.92. The van der Waals surface area contributed by atoms with Crippen LogP contribution in [-0.2, 0) is 6.54 Å². The highest BCUT2D eigenvalue weighted by Crippen LogP contribution is 2.28. The van der Waals surface area contributed by atoms with E-state index in [4.69, 9.17) is 0 Å². The quantitative estimate of drug-likeness (QED) is 0.655. The van der Waals surface area contributed by atoms with Crippen molar-refractivity contribution in [1.29, 1.82) is 0 Å². The maximum Gasteiger partial charge on any atom is 0.270 e. The number of nitro groups is 1. The van der Waals surface area contributed by atoms with Gasteiger partial charge in [0.2, 0.25) is 0 Å². The van der Waals surface area contributed by atoms with Gasteiger partial charge in [-0.1, -0.05) is 24.3 Å². The molecule has 3 rings (SSSR count). The number of carbonyl (C=O) groups excluding carboxylic acids is 1. The van der Waals surface area contributed by atoms with Crippen molar-refractivity contribution in [2.75, 3.05) is 18.0 Å². The average Bonchev–Trinajstić information content (AvgIpc) is 2.67. The third kappa shape index (κ3) is 4.02. The van der Waals surface area contributed by atoms with Gasteiger partial charge in [0.1, 0.15) is 0 Å². The highest BCUT2D eigenvalue weighted by Gasteiger charge is 2.21. The van der Waals surface area contributed by atoms with Crippen LogP contribution in [0.25, 0.3) is 0 Å². The molecule has 0 aliphatic carbocycles. The molecule has 1 amide bonds. The number of hydrogen-bond acceptors (Lipinski definition) is 4. The number of nitro benzene ring substituents is 1. The molecule has 1 heterocycles. The van der Waals surface area contributed by atoms with E-state index in [1.807, 2.05) is 31.2 Å². The predicted octanol–water partition coefficient (Wildman–Crippen LogP) is 3.82. The Morgan fingerprint density at radius 1 is 1.15 bits per heavy atom. The summed E-state index contributed by atoms with van der Waals surface area (Å²) in [6, 6.07) is 12.4. The molecule has 1 aliphatic heterocycles.